The number of hydrogen-bond acceptors (Lipinski definition) is 7. The van der Waals surface area contributed by atoms with Crippen LogP contribution in [0.3, 0.4) is 0 Å². The molecule has 0 heterocycles. The fourth-order valence-corrected chi connectivity index (χ4v) is 6.65. The minimum atomic E-state index is -4.28. The van der Waals surface area contributed by atoms with Gasteiger partial charge in [-0.05, 0) is 68.3 Å². The molecule has 1 atom stereocenters. The van der Waals surface area contributed by atoms with Gasteiger partial charge in [0, 0.05) is 25.1 Å². The average molecular weight is 674 g/mol. The molecule has 0 spiro atoms. The molecule has 1 N–H and O–H groups in total. The zero-order chi connectivity index (χ0) is 34.8. The Balaban J connectivity index is 1.85. The first kappa shape index (κ1) is 35.8. The Bertz CT molecular complexity index is 1800. The molecule has 0 aromatic heterocycles. The smallest absolute Gasteiger partial charge is 0.264 e. The highest BCUT2D eigenvalue weighted by Gasteiger charge is 2.35. The van der Waals surface area contributed by atoms with E-state index in [-0.39, 0.29) is 41.2 Å². The van der Waals surface area contributed by atoms with Crippen molar-refractivity contribution in [2.45, 2.75) is 50.7 Å². The van der Waals surface area contributed by atoms with E-state index in [9.17, 15) is 18.0 Å². The number of anilines is 1. The van der Waals surface area contributed by atoms with E-state index in [1.54, 1.807) is 49.6 Å². The lowest BCUT2D eigenvalue weighted by molar-refractivity contribution is -0.140. The lowest BCUT2D eigenvalue weighted by atomic mass is 10.0. The molecular weight excluding hydrogens is 630 g/mol. The minimum absolute atomic E-state index is 0.00779. The lowest BCUT2D eigenvalue weighted by Crippen LogP contribution is -2.54. The molecule has 48 heavy (non-hydrogen) atoms. The van der Waals surface area contributed by atoms with Gasteiger partial charge < -0.3 is 24.4 Å². The van der Waals surface area contributed by atoms with Crippen molar-refractivity contribution in [2.24, 2.45) is 0 Å². The third-order valence-electron chi connectivity index (χ3n) is 7.73. The summed E-state index contributed by atoms with van der Waals surface area (Å²) in [5, 5.41) is 2.96. The van der Waals surface area contributed by atoms with E-state index in [2.05, 4.69) is 5.32 Å². The van der Waals surface area contributed by atoms with E-state index in [0.29, 0.717) is 17.1 Å². The third-order valence-corrected chi connectivity index (χ3v) is 9.52. The van der Waals surface area contributed by atoms with Gasteiger partial charge in [-0.25, -0.2) is 8.42 Å². The van der Waals surface area contributed by atoms with Crippen LogP contribution in [0.4, 0.5) is 5.69 Å². The Morgan fingerprint density at radius 3 is 2.06 bits per heavy atom. The molecule has 4 aromatic rings. The van der Waals surface area contributed by atoms with Gasteiger partial charge in [-0.15, -0.1) is 0 Å². The van der Waals surface area contributed by atoms with Crippen LogP contribution >= 0.6 is 0 Å². The van der Waals surface area contributed by atoms with E-state index >= 15 is 0 Å². The van der Waals surface area contributed by atoms with Gasteiger partial charge >= 0.3 is 0 Å². The number of sulfonamides is 1. The van der Waals surface area contributed by atoms with E-state index in [1.165, 1.54) is 37.3 Å². The van der Waals surface area contributed by atoms with Gasteiger partial charge in [-0.2, -0.15) is 0 Å². The molecule has 2 amide bonds. The van der Waals surface area contributed by atoms with E-state index in [0.717, 1.165) is 15.4 Å². The molecule has 0 saturated heterocycles. The van der Waals surface area contributed by atoms with Crippen LogP contribution in [0.25, 0.3) is 0 Å². The average Bonchev–Trinajstić information content (AvgIpc) is 3.08. The van der Waals surface area contributed by atoms with Crippen molar-refractivity contribution in [3.63, 3.8) is 0 Å². The molecule has 1 unspecified atom stereocenters. The Morgan fingerprint density at radius 2 is 1.44 bits per heavy atom. The summed E-state index contributed by atoms with van der Waals surface area (Å²) < 4.78 is 46.0. The van der Waals surface area contributed by atoms with Gasteiger partial charge in [-0.3, -0.25) is 13.9 Å². The number of methoxy groups -OCH3 is 3. The van der Waals surface area contributed by atoms with Crippen molar-refractivity contribution in [2.75, 3.05) is 32.2 Å². The number of rotatable bonds is 15. The van der Waals surface area contributed by atoms with Crippen molar-refractivity contribution in [1.82, 2.24) is 10.2 Å². The maximum atomic E-state index is 14.7. The van der Waals surface area contributed by atoms with Gasteiger partial charge in [0.2, 0.25) is 11.8 Å². The van der Waals surface area contributed by atoms with Crippen LogP contribution in [-0.2, 0) is 32.6 Å². The first-order chi connectivity index (χ1) is 23.0. The zero-order valence-corrected chi connectivity index (χ0v) is 29.0. The van der Waals surface area contributed by atoms with Crippen LogP contribution in [0.2, 0.25) is 0 Å². The van der Waals surface area contributed by atoms with E-state index in [1.807, 2.05) is 57.2 Å². The number of carbonyl (C=O) groups excluding carboxylic acids is 2. The van der Waals surface area contributed by atoms with Crippen molar-refractivity contribution in [1.29, 1.82) is 0 Å². The number of amides is 2. The zero-order valence-electron chi connectivity index (χ0n) is 28.2. The molecular formula is C37H43N3O7S. The second kappa shape index (κ2) is 16.2. The fourth-order valence-electron chi connectivity index (χ4n) is 5.25. The summed E-state index contributed by atoms with van der Waals surface area (Å²) in [4.78, 5) is 30.0. The summed E-state index contributed by atoms with van der Waals surface area (Å²) >= 11 is 0. The van der Waals surface area contributed by atoms with Gasteiger partial charge in [0.05, 0.1) is 31.9 Å². The number of benzene rings is 4. The van der Waals surface area contributed by atoms with Crippen molar-refractivity contribution < 1.29 is 32.2 Å². The fraction of sp³-hybridized carbons (Fsp3) is 0.297. The number of carbonyl (C=O) groups is 2. The minimum Gasteiger partial charge on any atom is -0.497 e. The van der Waals surface area contributed by atoms with Crippen molar-refractivity contribution in [3.05, 3.63) is 114 Å². The number of aryl methyl sites for hydroxylation is 1. The predicted octanol–water partition coefficient (Wildman–Crippen LogP) is 5.38. The first-order valence-corrected chi connectivity index (χ1v) is 17.0. The Kier molecular flexibility index (Phi) is 12.1. The molecule has 0 radical (unpaired) electrons. The topological polar surface area (TPSA) is 114 Å². The van der Waals surface area contributed by atoms with Crippen LogP contribution < -0.4 is 23.8 Å². The second-order valence-electron chi connectivity index (χ2n) is 11.6. The Labute approximate surface area is 283 Å². The summed E-state index contributed by atoms with van der Waals surface area (Å²) in [5.41, 5.74) is 2.62. The largest absolute Gasteiger partial charge is 0.497 e. The first-order valence-electron chi connectivity index (χ1n) is 15.5. The normalized spacial score (nSPS) is 11.8. The molecule has 254 valence electrons. The number of hydrogen-bond donors (Lipinski definition) is 1. The third kappa shape index (κ3) is 8.86. The van der Waals surface area contributed by atoms with Crippen LogP contribution in [0, 0.1) is 6.92 Å². The summed E-state index contributed by atoms with van der Waals surface area (Å²) in [6, 6.07) is 26.5. The molecule has 0 saturated carbocycles. The van der Waals surface area contributed by atoms with Crippen LogP contribution in [0.1, 0.15) is 30.5 Å². The van der Waals surface area contributed by atoms with Gasteiger partial charge in [0.25, 0.3) is 10.0 Å². The van der Waals surface area contributed by atoms with Gasteiger partial charge in [0.15, 0.2) is 11.5 Å². The molecule has 0 bridgehead atoms. The highest BCUT2D eigenvalue weighted by molar-refractivity contribution is 7.92. The molecule has 4 aromatic carbocycles. The second-order valence-corrected chi connectivity index (χ2v) is 13.5. The highest BCUT2D eigenvalue weighted by Crippen LogP contribution is 2.34. The van der Waals surface area contributed by atoms with E-state index < -0.39 is 28.5 Å². The van der Waals surface area contributed by atoms with Gasteiger partial charge in [0.1, 0.15) is 18.3 Å². The maximum Gasteiger partial charge on any atom is 0.264 e. The molecule has 0 fully saturated rings. The summed E-state index contributed by atoms with van der Waals surface area (Å²) in [6.07, 6.45) is 0.205. The standard InChI is InChI=1S/C37H43N3O7S/c1-26(2)38-37(42)33(22-28-11-8-7-9-12-28)39(24-29-13-10-14-31(21-29)45-4)36(41)25-40(30-17-20-34(46-5)35(23-30)47-6)48(43,44)32-18-15-27(3)16-19-32/h7-21,23,26,33H,22,24-25H2,1-6H3,(H,38,42). The Morgan fingerprint density at radius 1 is 0.771 bits per heavy atom. The summed E-state index contributed by atoms with van der Waals surface area (Å²) in [5.74, 6) is 0.332. The molecule has 11 heteroatoms. The van der Waals surface area contributed by atoms with E-state index in [4.69, 9.17) is 14.2 Å². The van der Waals surface area contributed by atoms with Crippen molar-refractivity contribution >= 4 is 27.5 Å². The van der Waals surface area contributed by atoms with Crippen LogP contribution in [0.5, 0.6) is 17.2 Å². The molecule has 0 aliphatic carbocycles. The lowest BCUT2D eigenvalue weighted by Gasteiger charge is -2.34. The molecule has 0 aliphatic rings. The summed E-state index contributed by atoms with van der Waals surface area (Å²) in [7, 11) is 0.193. The Hall–Kier alpha value is -5.03. The predicted molar refractivity (Wildman–Crippen MR) is 186 cm³/mol. The van der Waals surface area contributed by atoms with Crippen molar-refractivity contribution in [3.8, 4) is 17.2 Å². The number of nitrogens with one attached hydrogen (secondary N) is 1. The summed E-state index contributed by atoms with van der Waals surface area (Å²) in [6.45, 7) is 4.97. The number of ether oxygens (including phenoxy) is 3. The van der Waals surface area contributed by atoms with Gasteiger partial charge in [-0.1, -0.05) is 60.2 Å². The monoisotopic (exact) mass is 673 g/mol. The maximum absolute atomic E-state index is 14.7. The SMILES string of the molecule is COc1cccc(CN(C(=O)CN(c2ccc(OC)c(OC)c2)S(=O)(=O)c2ccc(C)cc2)C(Cc2ccccc2)C(=O)NC(C)C)c1. The molecule has 10 nitrogen and oxygen atoms in total. The van der Waals surface area contributed by atoms with Crippen LogP contribution in [0.15, 0.2) is 102 Å². The molecule has 0 aliphatic heterocycles. The van der Waals surface area contributed by atoms with Crippen LogP contribution in [-0.4, -0.2) is 65.1 Å². The quantitative estimate of drug-likeness (QED) is 0.180. The number of nitrogens with zero attached hydrogens (tertiary/aromatic N) is 2. The highest BCUT2D eigenvalue weighted by atomic mass is 32.2. The molecule has 4 rings (SSSR count).